The molecule has 2 aromatic rings. The number of carboxylic acids is 1. The molecule has 2 heterocycles. The molecule has 0 aromatic carbocycles. The summed E-state index contributed by atoms with van der Waals surface area (Å²) in [6.45, 7) is 6.84. The van der Waals surface area contributed by atoms with E-state index in [2.05, 4.69) is 10.1 Å². The number of aromatic nitrogens is 3. The monoisotopic (exact) mass is 261 g/mol. The molecule has 0 aliphatic rings. The Balaban J connectivity index is 2.75. The molecule has 0 bridgehead atoms. The molecule has 2 aromatic heterocycles. The van der Waals surface area contributed by atoms with E-state index < -0.39 is 5.97 Å². The second-order valence-corrected chi connectivity index (χ2v) is 4.49. The highest BCUT2D eigenvalue weighted by Crippen LogP contribution is 2.25. The molecule has 2 rings (SSSR count). The van der Waals surface area contributed by atoms with E-state index in [0.717, 1.165) is 47.2 Å². The number of pyridine rings is 1. The van der Waals surface area contributed by atoms with Crippen LogP contribution in [0.4, 0.5) is 0 Å². The van der Waals surface area contributed by atoms with Gasteiger partial charge in [-0.15, -0.1) is 0 Å². The van der Waals surface area contributed by atoms with Crippen LogP contribution in [0.15, 0.2) is 6.20 Å². The minimum Gasteiger partial charge on any atom is -0.481 e. The normalized spacial score (nSPS) is 11.1. The summed E-state index contributed by atoms with van der Waals surface area (Å²) in [5.41, 5.74) is 3.68. The summed E-state index contributed by atoms with van der Waals surface area (Å²) in [4.78, 5) is 15.7. The Morgan fingerprint density at radius 2 is 2.00 bits per heavy atom. The van der Waals surface area contributed by atoms with Crippen LogP contribution >= 0.6 is 0 Å². The van der Waals surface area contributed by atoms with Crippen molar-refractivity contribution >= 4 is 17.0 Å². The van der Waals surface area contributed by atoms with Crippen LogP contribution in [0.1, 0.15) is 37.6 Å². The predicted molar refractivity (Wildman–Crippen MR) is 73.3 cm³/mol. The Labute approximate surface area is 112 Å². The molecule has 102 valence electrons. The molecule has 0 saturated carbocycles. The zero-order chi connectivity index (χ0) is 14.0. The largest absolute Gasteiger partial charge is 0.481 e. The van der Waals surface area contributed by atoms with Gasteiger partial charge in [-0.05, 0) is 30.9 Å². The number of hydrogen-bond donors (Lipinski definition) is 1. The Morgan fingerprint density at radius 1 is 1.26 bits per heavy atom. The molecular weight excluding hydrogens is 242 g/mol. The van der Waals surface area contributed by atoms with Crippen molar-refractivity contribution in [3.05, 3.63) is 23.0 Å². The third-order valence-corrected chi connectivity index (χ3v) is 3.41. The van der Waals surface area contributed by atoms with E-state index in [9.17, 15) is 4.79 Å². The Hall–Kier alpha value is -1.91. The molecule has 0 fully saturated rings. The molecule has 0 aliphatic heterocycles. The van der Waals surface area contributed by atoms with Crippen molar-refractivity contribution in [2.45, 2.75) is 46.6 Å². The molecule has 1 N–H and O–H groups in total. The molecule has 0 aliphatic carbocycles. The van der Waals surface area contributed by atoms with Crippen molar-refractivity contribution in [3.63, 3.8) is 0 Å². The van der Waals surface area contributed by atoms with Crippen LogP contribution in [0.2, 0.25) is 0 Å². The second-order valence-electron chi connectivity index (χ2n) is 4.49. The zero-order valence-corrected chi connectivity index (χ0v) is 11.6. The van der Waals surface area contributed by atoms with Gasteiger partial charge < -0.3 is 5.11 Å². The summed E-state index contributed by atoms with van der Waals surface area (Å²) in [5.74, 6) is -0.812. The number of aliphatic carboxylic acids is 1. The number of aryl methyl sites for hydroxylation is 3. The molecular formula is C14H19N3O2. The van der Waals surface area contributed by atoms with E-state index in [1.54, 1.807) is 6.20 Å². The van der Waals surface area contributed by atoms with Crippen molar-refractivity contribution in [2.24, 2.45) is 0 Å². The fourth-order valence-electron chi connectivity index (χ4n) is 2.53. The average molecular weight is 261 g/mol. The first-order valence-electron chi connectivity index (χ1n) is 6.70. The van der Waals surface area contributed by atoms with Gasteiger partial charge in [0, 0.05) is 17.6 Å². The Morgan fingerprint density at radius 3 is 2.53 bits per heavy atom. The molecule has 0 radical (unpaired) electrons. The lowest BCUT2D eigenvalue weighted by Gasteiger charge is -2.12. The van der Waals surface area contributed by atoms with E-state index in [-0.39, 0.29) is 6.42 Å². The lowest BCUT2D eigenvalue weighted by atomic mass is 9.97. The minimum absolute atomic E-state index is 0.0343. The Bertz CT molecular complexity index is 617. The van der Waals surface area contributed by atoms with Crippen LogP contribution in [-0.2, 0) is 30.6 Å². The van der Waals surface area contributed by atoms with Gasteiger partial charge in [0.05, 0.1) is 12.6 Å². The van der Waals surface area contributed by atoms with E-state index in [1.165, 1.54) is 0 Å². The highest BCUT2D eigenvalue weighted by molar-refractivity contribution is 5.83. The highest BCUT2D eigenvalue weighted by Gasteiger charge is 2.17. The van der Waals surface area contributed by atoms with Crippen LogP contribution in [0.25, 0.3) is 11.0 Å². The number of carboxylic acid groups (broad SMARTS) is 1. The molecule has 5 nitrogen and oxygen atoms in total. The van der Waals surface area contributed by atoms with Crippen molar-refractivity contribution in [2.75, 3.05) is 0 Å². The van der Waals surface area contributed by atoms with Gasteiger partial charge in [-0.1, -0.05) is 13.8 Å². The smallest absolute Gasteiger partial charge is 0.307 e. The lowest BCUT2D eigenvalue weighted by molar-refractivity contribution is -0.136. The highest BCUT2D eigenvalue weighted by atomic mass is 16.4. The number of nitrogens with zero attached hydrogens (tertiary/aromatic N) is 3. The second kappa shape index (κ2) is 5.38. The summed E-state index contributed by atoms with van der Waals surface area (Å²) in [7, 11) is 0. The standard InChI is InChI=1S/C14H19N3O2/c1-4-9-10(7-13(18)19)12(5-2)16-14-11(9)8-15-17(14)6-3/h8H,4-7H2,1-3H3,(H,18,19). The third kappa shape index (κ3) is 2.32. The van der Waals surface area contributed by atoms with Crippen LogP contribution < -0.4 is 0 Å². The first-order valence-corrected chi connectivity index (χ1v) is 6.70. The summed E-state index contributed by atoms with van der Waals surface area (Å²) in [5, 5.41) is 14.4. The van der Waals surface area contributed by atoms with Crippen LogP contribution in [0.3, 0.4) is 0 Å². The van der Waals surface area contributed by atoms with Crippen LogP contribution in [0, 0.1) is 0 Å². The molecule has 0 saturated heterocycles. The zero-order valence-electron chi connectivity index (χ0n) is 11.6. The molecule has 0 amide bonds. The van der Waals surface area contributed by atoms with E-state index in [1.807, 2.05) is 25.5 Å². The lowest BCUT2D eigenvalue weighted by Crippen LogP contribution is -2.10. The fourth-order valence-corrected chi connectivity index (χ4v) is 2.53. The maximum atomic E-state index is 11.1. The number of fused-ring (bicyclic) bond motifs is 1. The third-order valence-electron chi connectivity index (χ3n) is 3.41. The summed E-state index contributed by atoms with van der Waals surface area (Å²) in [6, 6.07) is 0. The SMILES string of the molecule is CCc1nc2c(cnn2CC)c(CC)c1CC(=O)O. The average Bonchev–Trinajstić information content (AvgIpc) is 2.79. The maximum Gasteiger partial charge on any atom is 0.307 e. The topological polar surface area (TPSA) is 68.0 Å². The molecule has 19 heavy (non-hydrogen) atoms. The number of rotatable bonds is 5. The van der Waals surface area contributed by atoms with Crippen LogP contribution in [0.5, 0.6) is 0 Å². The van der Waals surface area contributed by atoms with E-state index >= 15 is 0 Å². The van der Waals surface area contributed by atoms with Crippen LogP contribution in [-0.4, -0.2) is 25.8 Å². The predicted octanol–water partition coefficient (Wildman–Crippen LogP) is 2.20. The van der Waals surface area contributed by atoms with Crippen molar-refractivity contribution in [1.82, 2.24) is 14.8 Å². The minimum atomic E-state index is -0.812. The van der Waals surface area contributed by atoms with Gasteiger partial charge in [0.15, 0.2) is 5.65 Å². The van der Waals surface area contributed by atoms with Gasteiger partial charge in [0.2, 0.25) is 0 Å². The summed E-state index contributed by atoms with van der Waals surface area (Å²) >= 11 is 0. The van der Waals surface area contributed by atoms with Crippen molar-refractivity contribution in [1.29, 1.82) is 0 Å². The van der Waals surface area contributed by atoms with Gasteiger partial charge in [-0.3, -0.25) is 4.79 Å². The van der Waals surface area contributed by atoms with Crippen molar-refractivity contribution in [3.8, 4) is 0 Å². The van der Waals surface area contributed by atoms with Gasteiger partial charge in [-0.25, -0.2) is 9.67 Å². The summed E-state index contributed by atoms with van der Waals surface area (Å²) in [6.07, 6.45) is 3.37. The first kappa shape index (κ1) is 13.5. The molecule has 0 unspecified atom stereocenters. The molecule has 5 heteroatoms. The molecule has 0 atom stereocenters. The van der Waals surface area contributed by atoms with Crippen molar-refractivity contribution < 1.29 is 9.90 Å². The summed E-state index contributed by atoms with van der Waals surface area (Å²) < 4.78 is 1.86. The maximum absolute atomic E-state index is 11.1. The molecule has 0 spiro atoms. The fraction of sp³-hybridized carbons (Fsp3) is 0.500. The van der Waals surface area contributed by atoms with E-state index in [4.69, 9.17) is 5.11 Å². The van der Waals surface area contributed by atoms with Gasteiger partial charge in [0.1, 0.15) is 0 Å². The van der Waals surface area contributed by atoms with E-state index in [0.29, 0.717) is 0 Å². The Kier molecular flexibility index (Phi) is 3.83. The number of carbonyl (C=O) groups is 1. The number of hydrogen-bond acceptors (Lipinski definition) is 3. The van der Waals surface area contributed by atoms with Gasteiger partial charge in [-0.2, -0.15) is 5.10 Å². The van der Waals surface area contributed by atoms with Gasteiger partial charge in [0.25, 0.3) is 0 Å². The first-order chi connectivity index (χ1) is 9.12. The van der Waals surface area contributed by atoms with Gasteiger partial charge >= 0.3 is 5.97 Å². The quantitative estimate of drug-likeness (QED) is 0.896.